The standard InChI is InChI=1S/C9H12N2O/c1-6(2)4-5-8-7(3)12-11-9(8)10/h4-5H,3H2,1-2H3,(H2,10,11)/b8-5+. The van der Waals surface area contributed by atoms with Gasteiger partial charge in [0.05, 0.1) is 5.22 Å². The maximum Gasteiger partial charge on any atom is 0.174 e. The number of nitrogen functional groups attached to an aromatic ring is 1. The van der Waals surface area contributed by atoms with E-state index in [-0.39, 0.29) is 0 Å². The molecule has 0 aliphatic carbocycles. The Morgan fingerprint density at radius 2 is 2.25 bits per heavy atom. The molecular formula is C9H12N2O. The van der Waals surface area contributed by atoms with Crippen LogP contribution in [-0.4, -0.2) is 5.16 Å². The average molecular weight is 164 g/mol. The molecule has 1 aromatic heterocycles. The van der Waals surface area contributed by atoms with Crippen molar-refractivity contribution in [3.05, 3.63) is 22.3 Å². The minimum Gasteiger partial charge on any atom is -0.380 e. The maximum atomic E-state index is 5.52. The number of hydrogen-bond donors (Lipinski definition) is 1. The Morgan fingerprint density at radius 1 is 1.58 bits per heavy atom. The number of aromatic nitrogens is 1. The molecule has 0 saturated heterocycles. The van der Waals surface area contributed by atoms with Crippen LogP contribution in [0.4, 0.5) is 5.82 Å². The molecule has 0 aromatic carbocycles. The second-order valence-electron chi connectivity index (χ2n) is 2.82. The van der Waals surface area contributed by atoms with E-state index in [1.54, 1.807) is 0 Å². The molecule has 64 valence electrons. The molecule has 0 radical (unpaired) electrons. The van der Waals surface area contributed by atoms with Crippen molar-refractivity contribution >= 4 is 18.5 Å². The van der Waals surface area contributed by atoms with Gasteiger partial charge in [-0.3, -0.25) is 0 Å². The third-order valence-corrected chi connectivity index (χ3v) is 1.41. The zero-order chi connectivity index (χ0) is 9.14. The van der Waals surface area contributed by atoms with E-state index in [1.165, 1.54) is 5.57 Å². The molecule has 3 heteroatoms. The first-order chi connectivity index (χ1) is 5.61. The fourth-order valence-electron chi connectivity index (χ4n) is 0.774. The van der Waals surface area contributed by atoms with Crippen molar-refractivity contribution in [3.8, 4) is 0 Å². The second kappa shape index (κ2) is 3.26. The van der Waals surface area contributed by atoms with Crippen molar-refractivity contribution < 1.29 is 4.52 Å². The van der Waals surface area contributed by atoms with Gasteiger partial charge in [-0.15, -0.1) is 0 Å². The normalized spacial score (nSPS) is 11.7. The van der Waals surface area contributed by atoms with Crippen LogP contribution < -0.4 is 16.4 Å². The van der Waals surface area contributed by atoms with Gasteiger partial charge in [0.2, 0.25) is 0 Å². The summed E-state index contributed by atoms with van der Waals surface area (Å²) >= 11 is 0. The molecular weight excluding hydrogens is 152 g/mol. The van der Waals surface area contributed by atoms with Crippen LogP contribution >= 0.6 is 0 Å². The van der Waals surface area contributed by atoms with E-state index >= 15 is 0 Å². The van der Waals surface area contributed by atoms with Crippen molar-refractivity contribution in [2.75, 3.05) is 5.73 Å². The van der Waals surface area contributed by atoms with Crippen LogP contribution in [0.25, 0.3) is 12.7 Å². The lowest BCUT2D eigenvalue weighted by atomic mass is 10.3. The Balaban J connectivity index is 3.27. The lowest BCUT2D eigenvalue weighted by Gasteiger charge is -1.81. The van der Waals surface area contributed by atoms with E-state index in [4.69, 9.17) is 10.3 Å². The molecule has 0 amide bonds. The van der Waals surface area contributed by atoms with E-state index in [1.807, 2.05) is 26.0 Å². The Morgan fingerprint density at radius 3 is 2.67 bits per heavy atom. The highest BCUT2D eigenvalue weighted by atomic mass is 16.5. The quantitative estimate of drug-likeness (QED) is 0.654. The summed E-state index contributed by atoms with van der Waals surface area (Å²) in [6.45, 7) is 7.66. The first-order valence-electron chi connectivity index (χ1n) is 3.66. The topological polar surface area (TPSA) is 52.0 Å². The first-order valence-corrected chi connectivity index (χ1v) is 3.66. The summed E-state index contributed by atoms with van der Waals surface area (Å²) in [5, 5.41) is 4.33. The molecule has 12 heavy (non-hydrogen) atoms. The third kappa shape index (κ3) is 1.75. The van der Waals surface area contributed by atoms with Crippen LogP contribution in [0.5, 0.6) is 0 Å². The monoisotopic (exact) mass is 164 g/mol. The number of hydrogen-bond acceptors (Lipinski definition) is 3. The number of allylic oxidation sites excluding steroid dienone is 2. The summed E-state index contributed by atoms with van der Waals surface area (Å²) in [5.74, 6) is 0.387. The Bertz CT molecular complexity index is 397. The van der Waals surface area contributed by atoms with Crippen LogP contribution in [0.15, 0.2) is 16.2 Å². The predicted molar refractivity (Wildman–Crippen MR) is 49.6 cm³/mol. The molecule has 3 nitrogen and oxygen atoms in total. The average Bonchev–Trinajstić information content (AvgIpc) is 2.28. The fourth-order valence-corrected chi connectivity index (χ4v) is 0.774. The van der Waals surface area contributed by atoms with Gasteiger partial charge in [-0.25, -0.2) is 0 Å². The maximum absolute atomic E-state index is 5.52. The van der Waals surface area contributed by atoms with Gasteiger partial charge in [-0.05, 0) is 19.9 Å². The molecule has 0 bridgehead atoms. The van der Waals surface area contributed by atoms with Crippen molar-refractivity contribution in [2.45, 2.75) is 13.8 Å². The molecule has 1 rings (SSSR count). The fraction of sp³-hybridized carbons (Fsp3) is 0.222. The molecule has 1 aromatic rings. The van der Waals surface area contributed by atoms with Crippen molar-refractivity contribution in [1.82, 2.24) is 5.16 Å². The predicted octanol–water partition coefficient (Wildman–Crippen LogP) is 0.414. The van der Waals surface area contributed by atoms with Crippen molar-refractivity contribution in [1.29, 1.82) is 0 Å². The first kappa shape index (κ1) is 8.59. The molecule has 0 aliphatic rings. The third-order valence-electron chi connectivity index (χ3n) is 1.41. The van der Waals surface area contributed by atoms with Gasteiger partial charge in [0, 0.05) is 0 Å². The van der Waals surface area contributed by atoms with E-state index in [0.717, 1.165) is 5.22 Å². The number of nitrogens with zero attached hydrogens (tertiary/aromatic N) is 1. The second-order valence-corrected chi connectivity index (χ2v) is 2.82. The molecule has 0 saturated carbocycles. The van der Waals surface area contributed by atoms with Gasteiger partial charge < -0.3 is 10.3 Å². The summed E-state index contributed by atoms with van der Waals surface area (Å²) in [6.07, 6.45) is 3.79. The summed E-state index contributed by atoms with van der Waals surface area (Å²) in [6, 6.07) is 0. The highest BCUT2D eigenvalue weighted by molar-refractivity contribution is 5.45. The molecule has 2 N–H and O–H groups in total. The van der Waals surface area contributed by atoms with Crippen LogP contribution in [0, 0.1) is 0 Å². The molecule has 0 spiro atoms. The zero-order valence-corrected chi connectivity index (χ0v) is 7.29. The van der Waals surface area contributed by atoms with E-state index in [9.17, 15) is 0 Å². The Hall–Kier alpha value is -1.51. The summed E-state index contributed by atoms with van der Waals surface area (Å²) in [7, 11) is 0. The van der Waals surface area contributed by atoms with E-state index < -0.39 is 0 Å². The Labute approximate surface area is 70.9 Å². The van der Waals surface area contributed by atoms with Gasteiger partial charge in [0.1, 0.15) is 0 Å². The van der Waals surface area contributed by atoms with Gasteiger partial charge in [0.15, 0.2) is 11.2 Å². The smallest absolute Gasteiger partial charge is 0.174 e. The van der Waals surface area contributed by atoms with Crippen LogP contribution in [-0.2, 0) is 0 Å². The zero-order valence-electron chi connectivity index (χ0n) is 7.29. The van der Waals surface area contributed by atoms with Gasteiger partial charge in [-0.1, -0.05) is 23.4 Å². The number of anilines is 1. The van der Waals surface area contributed by atoms with Gasteiger partial charge in [-0.2, -0.15) is 0 Å². The number of nitrogens with two attached hydrogens (primary N) is 1. The van der Waals surface area contributed by atoms with Gasteiger partial charge in [0.25, 0.3) is 0 Å². The summed E-state index contributed by atoms with van der Waals surface area (Å²) in [4.78, 5) is 0. The van der Waals surface area contributed by atoms with Gasteiger partial charge >= 0.3 is 0 Å². The van der Waals surface area contributed by atoms with E-state index in [0.29, 0.717) is 11.2 Å². The number of rotatable bonds is 1. The minimum atomic E-state index is 0.387. The van der Waals surface area contributed by atoms with Crippen LogP contribution in [0.2, 0.25) is 0 Å². The lowest BCUT2D eigenvalue weighted by molar-refractivity contribution is 0.398. The SMILES string of the molecule is C=c1onc(N)/c1=C/C=C(C)C. The van der Waals surface area contributed by atoms with Crippen LogP contribution in [0.1, 0.15) is 13.8 Å². The minimum absolute atomic E-state index is 0.387. The van der Waals surface area contributed by atoms with Crippen LogP contribution in [0.3, 0.4) is 0 Å². The van der Waals surface area contributed by atoms with Crippen molar-refractivity contribution in [3.63, 3.8) is 0 Å². The molecule has 0 aliphatic heterocycles. The lowest BCUT2D eigenvalue weighted by Crippen LogP contribution is -2.20. The largest absolute Gasteiger partial charge is 0.380 e. The van der Waals surface area contributed by atoms with Crippen molar-refractivity contribution in [2.24, 2.45) is 0 Å². The Kier molecular flexibility index (Phi) is 2.33. The molecule has 0 fully saturated rings. The molecule has 0 atom stereocenters. The highest BCUT2D eigenvalue weighted by Crippen LogP contribution is 1.88. The summed E-state index contributed by atoms with van der Waals surface area (Å²) in [5.41, 5.74) is 7.22. The highest BCUT2D eigenvalue weighted by Gasteiger charge is 1.94. The molecule has 0 unspecified atom stereocenters. The summed E-state index contributed by atoms with van der Waals surface area (Å²) < 4.78 is 4.78. The molecule has 1 heterocycles. The van der Waals surface area contributed by atoms with E-state index in [2.05, 4.69) is 11.7 Å².